The quantitative estimate of drug-likeness (QED) is 0.804. The van der Waals surface area contributed by atoms with Crippen molar-refractivity contribution in [2.75, 3.05) is 5.32 Å². The van der Waals surface area contributed by atoms with Crippen LogP contribution in [-0.2, 0) is 22.4 Å². The van der Waals surface area contributed by atoms with Gasteiger partial charge in [0.2, 0.25) is 5.91 Å². The SMILES string of the molecule is CC(C(=O)O)C(=O)Nc1ncc(CCc2ccccc2)s1. The van der Waals surface area contributed by atoms with Gasteiger partial charge < -0.3 is 10.4 Å². The Morgan fingerprint density at radius 1 is 1.29 bits per heavy atom. The Morgan fingerprint density at radius 2 is 2.00 bits per heavy atom. The average Bonchev–Trinajstić information content (AvgIpc) is 2.92. The zero-order chi connectivity index (χ0) is 15.2. The Bertz CT molecular complexity index is 625. The average molecular weight is 304 g/mol. The van der Waals surface area contributed by atoms with Gasteiger partial charge in [0.1, 0.15) is 5.92 Å². The highest BCUT2D eigenvalue weighted by molar-refractivity contribution is 7.15. The number of carbonyl (C=O) groups is 2. The number of nitrogens with one attached hydrogen (secondary N) is 1. The normalized spacial score (nSPS) is 11.9. The maximum atomic E-state index is 11.6. The molecular weight excluding hydrogens is 288 g/mol. The third-order valence-corrected chi connectivity index (χ3v) is 4.02. The molecule has 1 amide bonds. The van der Waals surface area contributed by atoms with E-state index in [0.29, 0.717) is 5.13 Å². The zero-order valence-electron chi connectivity index (χ0n) is 11.6. The summed E-state index contributed by atoms with van der Waals surface area (Å²) in [7, 11) is 0. The van der Waals surface area contributed by atoms with Gasteiger partial charge in [0.05, 0.1) is 0 Å². The number of carbonyl (C=O) groups excluding carboxylic acids is 1. The van der Waals surface area contributed by atoms with Crippen molar-refractivity contribution >= 4 is 28.3 Å². The Kier molecular flexibility index (Phi) is 5.05. The topological polar surface area (TPSA) is 79.3 Å². The second-order valence-electron chi connectivity index (χ2n) is 4.67. The highest BCUT2D eigenvalue weighted by Crippen LogP contribution is 2.20. The Morgan fingerprint density at radius 3 is 2.67 bits per heavy atom. The van der Waals surface area contributed by atoms with E-state index in [9.17, 15) is 9.59 Å². The predicted molar refractivity (Wildman–Crippen MR) is 81.4 cm³/mol. The number of carboxylic acids is 1. The van der Waals surface area contributed by atoms with Crippen molar-refractivity contribution in [1.82, 2.24) is 4.98 Å². The number of thiazole rings is 1. The first-order chi connectivity index (χ1) is 10.1. The molecule has 0 saturated heterocycles. The van der Waals surface area contributed by atoms with Crippen LogP contribution in [-0.4, -0.2) is 22.0 Å². The lowest BCUT2D eigenvalue weighted by Gasteiger charge is -2.04. The number of carboxylic acid groups (broad SMARTS) is 1. The Balaban J connectivity index is 1.89. The molecule has 1 unspecified atom stereocenters. The number of nitrogens with zero attached hydrogens (tertiary/aromatic N) is 1. The van der Waals surface area contributed by atoms with Crippen molar-refractivity contribution in [2.45, 2.75) is 19.8 Å². The van der Waals surface area contributed by atoms with Gasteiger partial charge >= 0.3 is 5.97 Å². The maximum Gasteiger partial charge on any atom is 0.315 e. The summed E-state index contributed by atoms with van der Waals surface area (Å²) in [6, 6.07) is 10.1. The first-order valence-corrected chi connectivity index (χ1v) is 7.40. The molecule has 6 heteroatoms. The molecule has 0 aliphatic rings. The smallest absolute Gasteiger partial charge is 0.315 e. The van der Waals surface area contributed by atoms with E-state index in [0.717, 1.165) is 17.7 Å². The van der Waals surface area contributed by atoms with Crippen LogP contribution in [0.4, 0.5) is 5.13 Å². The molecule has 110 valence electrons. The van der Waals surface area contributed by atoms with Crippen molar-refractivity contribution in [1.29, 1.82) is 0 Å². The minimum atomic E-state index is -1.15. The number of anilines is 1. The van der Waals surface area contributed by atoms with Gasteiger partial charge in [0.25, 0.3) is 0 Å². The fraction of sp³-hybridized carbons (Fsp3) is 0.267. The second-order valence-corrected chi connectivity index (χ2v) is 5.78. The van der Waals surface area contributed by atoms with Crippen molar-refractivity contribution in [3.8, 4) is 0 Å². The molecule has 2 aromatic rings. The van der Waals surface area contributed by atoms with E-state index < -0.39 is 17.8 Å². The summed E-state index contributed by atoms with van der Waals surface area (Å²) in [5, 5.41) is 11.7. The molecule has 2 N–H and O–H groups in total. The number of rotatable bonds is 6. The van der Waals surface area contributed by atoms with E-state index >= 15 is 0 Å². The van der Waals surface area contributed by atoms with Gasteiger partial charge in [-0.3, -0.25) is 9.59 Å². The zero-order valence-corrected chi connectivity index (χ0v) is 12.4. The van der Waals surface area contributed by atoms with Crippen molar-refractivity contribution in [3.63, 3.8) is 0 Å². The molecule has 0 radical (unpaired) electrons. The van der Waals surface area contributed by atoms with E-state index in [1.54, 1.807) is 6.20 Å². The minimum Gasteiger partial charge on any atom is -0.481 e. The molecule has 0 spiro atoms. The van der Waals surface area contributed by atoms with E-state index in [1.807, 2.05) is 18.2 Å². The van der Waals surface area contributed by atoms with Gasteiger partial charge in [-0.25, -0.2) is 4.98 Å². The number of amides is 1. The van der Waals surface area contributed by atoms with Crippen LogP contribution in [0.25, 0.3) is 0 Å². The van der Waals surface area contributed by atoms with Crippen LogP contribution in [0.15, 0.2) is 36.5 Å². The molecule has 1 aromatic carbocycles. The number of aliphatic carboxylic acids is 1. The van der Waals surface area contributed by atoms with Gasteiger partial charge in [-0.05, 0) is 25.3 Å². The van der Waals surface area contributed by atoms with E-state index in [4.69, 9.17) is 5.11 Å². The van der Waals surface area contributed by atoms with Crippen molar-refractivity contribution in [2.24, 2.45) is 5.92 Å². The van der Waals surface area contributed by atoms with Gasteiger partial charge in [-0.2, -0.15) is 0 Å². The molecular formula is C15H16N2O3S. The first-order valence-electron chi connectivity index (χ1n) is 6.58. The van der Waals surface area contributed by atoms with Gasteiger partial charge in [0.15, 0.2) is 5.13 Å². The highest BCUT2D eigenvalue weighted by atomic mass is 32.1. The van der Waals surface area contributed by atoms with Crippen LogP contribution in [0.1, 0.15) is 17.4 Å². The summed E-state index contributed by atoms with van der Waals surface area (Å²) < 4.78 is 0. The van der Waals surface area contributed by atoms with Crippen LogP contribution >= 0.6 is 11.3 Å². The van der Waals surface area contributed by atoms with Gasteiger partial charge in [0, 0.05) is 11.1 Å². The van der Waals surface area contributed by atoms with Gasteiger partial charge in [-0.15, -0.1) is 11.3 Å². The summed E-state index contributed by atoms with van der Waals surface area (Å²) in [5.41, 5.74) is 1.25. The Labute approximate surface area is 126 Å². The van der Waals surface area contributed by atoms with Gasteiger partial charge in [-0.1, -0.05) is 30.3 Å². The molecule has 1 heterocycles. The second kappa shape index (κ2) is 6.99. The van der Waals surface area contributed by atoms with Crippen molar-refractivity contribution in [3.05, 3.63) is 47.0 Å². The maximum absolute atomic E-state index is 11.6. The molecule has 5 nitrogen and oxygen atoms in total. The number of hydrogen-bond donors (Lipinski definition) is 2. The third-order valence-electron chi connectivity index (χ3n) is 3.05. The summed E-state index contributed by atoms with van der Waals surface area (Å²) in [5.74, 6) is -2.78. The summed E-state index contributed by atoms with van der Waals surface area (Å²) >= 11 is 1.37. The third kappa shape index (κ3) is 4.39. The lowest BCUT2D eigenvalue weighted by molar-refractivity contribution is -0.144. The monoisotopic (exact) mass is 304 g/mol. The lowest BCUT2D eigenvalue weighted by Crippen LogP contribution is -2.26. The summed E-state index contributed by atoms with van der Waals surface area (Å²) in [6.07, 6.45) is 3.46. The number of aryl methyl sites for hydroxylation is 2. The Hall–Kier alpha value is -2.21. The van der Waals surface area contributed by atoms with Crippen LogP contribution in [0.5, 0.6) is 0 Å². The van der Waals surface area contributed by atoms with Crippen LogP contribution in [0.3, 0.4) is 0 Å². The molecule has 0 aliphatic heterocycles. The number of aromatic nitrogens is 1. The van der Waals surface area contributed by atoms with E-state index in [1.165, 1.54) is 23.8 Å². The molecule has 0 fully saturated rings. The molecule has 0 aliphatic carbocycles. The highest BCUT2D eigenvalue weighted by Gasteiger charge is 2.21. The fourth-order valence-corrected chi connectivity index (χ4v) is 2.53. The number of benzene rings is 1. The lowest BCUT2D eigenvalue weighted by atomic mass is 10.1. The van der Waals surface area contributed by atoms with Crippen LogP contribution in [0.2, 0.25) is 0 Å². The summed E-state index contributed by atoms with van der Waals surface area (Å²) in [4.78, 5) is 27.5. The standard InChI is InChI=1S/C15H16N2O3S/c1-10(14(19)20)13(18)17-15-16-9-12(21-15)8-7-11-5-3-2-4-6-11/h2-6,9-10H,7-8H2,1H3,(H,19,20)(H,16,17,18). The minimum absolute atomic E-state index is 0.441. The molecule has 21 heavy (non-hydrogen) atoms. The largest absolute Gasteiger partial charge is 0.481 e. The summed E-state index contributed by atoms with van der Waals surface area (Å²) in [6.45, 7) is 1.35. The molecule has 0 saturated carbocycles. The predicted octanol–water partition coefficient (Wildman–Crippen LogP) is 2.59. The molecule has 1 atom stereocenters. The number of hydrogen-bond acceptors (Lipinski definition) is 4. The first kappa shape index (κ1) is 15.2. The van der Waals surface area contributed by atoms with E-state index in [-0.39, 0.29) is 0 Å². The van der Waals surface area contributed by atoms with Crippen LogP contribution in [0, 0.1) is 5.92 Å². The van der Waals surface area contributed by atoms with E-state index in [2.05, 4.69) is 22.4 Å². The fourth-order valence-electron chi connectivity index (χ4n) is 1.72. The molecule has 2 rings (SSSR count). The molecule has 0 bridgehead atoms. The van der Waals surface area contributed by atoms with Crippen molar-refractivity contribution < 1.29 is 14.7 Å². The molecule has 1 aromatic heterocycles. The van der Waals surface area contributed by atoms with Crippen LogP contribution < -0.4 is 5.32 Å².